The lowest BCUT2D eigenvalue weighted by molar-refractivity contribution is 0.119. The largest absolute Gasteiger partial charge is 0.377 e. The van der Waals surface area contributed by atoms with E-state index in [2.05, 4.69) is 9.97 Å². The molecule has 0 spiro atoms. The molecule has 0 saturated heterocycles. The molecule has 0 fully saturated rings. The van der Waals surface area contributed by atoms with Gasteiger partial charge in [0, 0.05) is 25.1 Å². The summed E-state index contributed by atoms with van der Waals surface area (Å²) in [7, 11) is 1.64. The molecule has 0 aliphatic heterocycles. The standard InChI is InChI=1S/C7H9ClN2O/c1-5(11-2)6-3-9-7(8)10-4-6/h3-5H,1-2H3. The Morgan fingerprint density at radius 1 is 1.45 bits per heavy atom. The van der Waals surface area contributed by atoms with E-state index in [1.165, 1.54) is 0 Å². The van der Waals surface area contributed by atoms with Crippen LogP contribution in [0.5, 0.6) is 0 Å². The molecule has 1 atom stereocenters. The highest BCUT2D eigenvalue weighted by atomic mass is 35.5. The summed E-state index contributed by atoms with van der Waals surface area (Å²) < 4.78 is 5.05. The zero-order valence-electron chi connectivity index (χ0n) is 6.41. The summed E-state index contributed by atoms with van der Waals surface area (Å²) in [5, 5.41) is 0.261. The van der Waals surface area contributed by atoms with Gasteiger partial charge < -0.3 is 4.74 Å². The maximum absolute atomic E-state index is 5.50. The zero-order valence-corrected chi connectivity index (χ0v) is 7.17. The molecular weight excluding hydrogens is 164 g/mol. The van der Waals surface area contributed by atoms with Crippen molar-refractivity contribution in [2.24, 2.45) is 0 Å². The number of hydrogen-bond acceptors (Lipinski definition) is 3. The molecule has 0 aliphatic carbocycles. The number of hydrogen-bond donors (Lipinski definition) is 0. The van der Waals surface area contributed by atoms with Gasteiger partial charge in [0.25, 0.3) is 0 Å². The SMILES string of the molecule is COC(C)c1cnc(Cl)nc1. The molecule has 0 radical (unpaired) electrons. The van der Waals surface area contributed by atoms with Crippen LogP contribution in [0.1, 0.15) is 18.6 Å². The van der Waals surface area contributed by atoms with Crippen molar-refractivity contribution in [2.75, 3.05) is 7.11 Å². The first-order valence-electron chi connectivity index (χ1n) is 3.24. The molecule has 0 saturated carbocycles. The molecule has 1 heterocycles. The van der Waals surface area contributed by atoms with E-state index in [0.29, 0.717) is 0 Å². The van der Waals surface area contributed by atoms with Gasteiger partial charge in [-0.2, -0.15) is 0 Å². The molecule has 3 nitrogen and oxygen atoms in total. The molecule has 1 rings (SSSR count). The number of halogens is 1. The van der Waals surface area contributed by atoms with Crippen LogP contribution >= 0.6 is 11.6 Å². The van der Waals surface area contributed by atoms with Gasteiger partial charge >= 0.3 is 0 Å². The van der Waals surface area contributed by atoms with Crippen LogP contribution in [-0.4, -0.2) is 17.1 Å². The van der Waals surface area contributed by atoms with Crippen LogP contribution in [0, 0.1) is 0 Å². The lowest BCUT2D eigenvalue weighted by Gasteiger charge is -2.07. The van der Waals surface area contributed by atoms with Gasteiger partial charge in [-0.05, 0) is 18.5 Å². The fourth-order valence-corrected chi connectivity index (χ4v) is 0.766. The van der Waals surface area contributed by atoms with Crippen LogP contribution in [0.3, 0.4) is 0 Å². The van der Waals surface area contributed by atoms with Crippen molar-refractivity contribution in [2.45, 2.75) is 13.0 Å². The van der Waals surface area contributed by atoms with E-state index >= 15 is 0 Å². The molecule has 0 bridgehead atoms. The highest BCUT2D eigenvalue weighted by Crippen LogP contribution is 2.13. The van der Waals surface area contributed by atoms with E-state index in [1.807, 2.05) is 6.92 Å². The summed E-state index contributed by atoms with van der Waals surface area (Å²) in [6.07, 6.45) is 3.33. The molecule has 0 aromatic carbocycles. The predicted octanol–water partition coefficient (Wildman–Crippen LogP) is 1.84. The summed E-state index contributed by atoms with van der Waals surface area (Å²) in [5.74, 6) is 0. The van der Waals surface area contributed by atoms with E-state index in [9.17, 15) is 0 Å². The molecule has 4 heteroatoms. The quantitative estimate of drug-likeness (QED) is 0.639. The Morgan fingerprint density at radius 2 is 2.00 bits per heavy atom. The maximum atomic E-state index is 5.50. The Labute approximate surface area is 70.4 Å². The lowest BCUT2D eigenvalue weighted by Crippen LogP contribution is -1.97. The Balaban J connectivity index is 2.81. The van der Waals surface area contributed by atoms with Crippen molar-refractivity contribution < 1.29 is 4.74 Å². The summed E-state index contributed by atoms with van der Waals surface area (Å²) >= 11 is 5.50. The lowest BCUT2D eigenvalue weighted by atomic mass is 10.2. The predicted molar refractivity (Wildman–Crippen MR) is 42.5 cm³/mol. The molecular formula is C7H9ClN2O. The normalized spacial score (nSPS) is 13.0. The molecule has 0 amide bonds. The number of methoxy groups -OCH3 is 1. The van der Waals surface area contributed by atoms with Gasteiger partial charge in [0.2, 0.25) is 5.28 Å². The van der Waals surface area contributed by atoms with Gasteiger partial charge in [0.1, 0.15) is 0 Å². The molecule has 0 N–H and O–H groups in total. The maximum Gasteiger partial charge on any atom is 0.222 e. The highest BCUT2D eigenvalue weighted by molar-refractivity contribution is 6.28. The first-order valence-corrected chi connectivity index (χ1v) is 3.62. The minimum atomic E-state index is 0.0206. The van der Waals surface area contributed by atoms with Gasteiger partial charge in [-0.1, -0.05) is 0 Å². The van der Waals surface area contributed by atoms with E-state index in [1.54, 1.807) is 19.5 Å². The third-order valence-electron chi connectivity index (χ3n) is 1.46. The number of ether oxygens (including phenoxy) is 1. The minimum absolute atomic E-state index is 0.0206. The molecule has 1 unspecified atom stereocenters. The summed E-state index contributed by atoms with van der Waals surface area (Å²) in [6, 6.07) is 0. The first kappa shape index (κ1) is 8.43. The summed E-state index contributed by atoms with van der Waals surface area (Å²) in [5.41, 5.74) is 0.928. The third-order valence-corrected chi connectivity index (χ3v) is 1.66. The second-order valence-corrected chi connectivity index (χ2v) is 2.50. The van der Waals surface area contributed by atoms with Gasteiger partial charge in [-0.15, -0.1) is 0 Å². The summed E-state index contributed by atoms with van der Waals surface area (Å²) in [4.78, 5) is 7.64. The van der Waals surface area contributed by atoms with Crippen molar-refractivity contribution in [3.05, 3.63) is 23.2 Å². The van der Waals surface area contributed by atoms with Gasteiger partial charge in [0.15, 0.2) is 0 Å². The summed E-state index contributed by atoms with van der Waals surface area (Å²) in [6.45, 7) is 1.92. The Bertz CT molecular complexity index is 224. The Kier molecular flexibility index (Phi) is 2.79. The van der Waals surface area contributed by atoms with Crippen LogP contribution in [-0.2, 0) is 4.74 Å². The zero-order chi connectivity index (χ0) is 8.27. The molecule has 1 aromatic heterocycles. The van der Waals surface area contributed by atoms with Crippen molar-refractivity contribution in [3.8, 4) is 0 Å². The van der Waals surface area contributed by atoms with Crippen LogP contribution in [0.15, 0.2) is 12.4 Å². The second-order valence-electron chi connectivity index (χ2n) is 2.16. The van der Waals surface area contributed by atoms with Crippen molar-refractivity contribution in [1.29, 1.82) is 0 Å². The van der Waals surface area contributed by atoms with E-state index in [4.69, 9.17) is 16.3 Å². The highest BCUT2D eigenvalue weighted by Gasteiger charge is 2.03. The van der Waals surface area contributed by atoms with Crippen LogP contribution in [0.25, 0.3) is 0 Å². The van der Waals surface area contributed by atoms with Crippen molar-refractivity contribution in [1.82, 2.24) is 9.97 Å². The Morgan fingerprint density at radius 3 is 2.45 bits per heavy atom. The van der Waals surface area contributed by atoms with Gasteiger partial charge in [-0.3, -0.25) is 0 Å². The van der Waals surface area contributed by atoms with Crippen molar-refractivity contribution >= 4 is 11.6 Å². The Hall–Kier alpha value is -0.670. The van der Waals surface area contributed by atoms with Crippen LogP contribution in [0.2, 0.25) is 5.28 Å². The number of rotatable bonds is 2. The molecule has 1 aromatic rings. The third kappa shape index (κ3) is 2.13. The fraction of sp³-hybridized carbons (Fsp3) is 0.429. The average molecular weight is 173 g/mol. The van der Waals surface area contributed by atoms with E-state index in [0.717, 1.165) is 5.56 Å². The molecule has 0 aliphatic rings. The topological polar surface area (TPSA) is 35.0 Å². The molecule has 11 heavy (non-hydrogen) atoms. The van der Waals surface area contributed by atoms with Crippen LogP contribution < -0.4 is 0 Å². The number of aromatic nitrogens is 2. The van der Waals surface area contributed by atoms with Crippen molar-refractivity contribution in [3.63, 3.8) is 0 Å². The monoisotopic (exact) mass is 172 g/mol. The van der Waals surface area contributed by atoms with Gasteiger partial charge in [-0.25, -0.2) is 9.97 Å². The van der Waals surface area contributed by atoms with Crippen LogP contribution in [0.4, 0.5) is 0 Å². The minimum Gasteiger partial charge on any atom is -0.377 e. The van der Waals surface area contributed by atoms with E-state index < -0.39 is 0 Å². The number of nitrogens with zero attached hydrogens (tertiary/aromatic N) is 2. The smallest absolute Gasteiger partial charge is 0.222 e. The second kappa shape index (κ2) is 3.64. The average Bonchev–Trinajstić information content (AvgIpc) is 2.05. The first-order chi connectivity index (χ1) is 5.24. The van der Waals surface area contributed by atoms with E-state index in [-0.39, 0.29) is 11.4 Å². The fourth-order valence-electron chi connectivity index (χ4n) is 0.668. The van der Waals surface area contributed by atoms with Gasteiger partial charge in [0.05, 0.1) is 6.10 Å². The molecule has 60 valence electrons.